The maximum Gasteiger partial charge on any atom is 0.240 e. The summed E-state index contributed by atoms with van der Waals surface area (Å²) in [6.07, 6.45) is 0.247. The van der Waals surface area contributed by atoms with Crippen LogP contribution in [0.25, 0.3) is 0 Å². The highest BCUT2D eigenvalue weighted by atomic mass is 16.5. The van der Waals surface area contributed by atoms with Gasteiger partial charge in [0.25, 0.3) is 0 Å². The highest BCUT2D eigenvalue weighted by Gasteiger charge is 2.27. The Bertz CT molecular complexity index is 956. The third-order valence-corrected chi connectivity index (χ3v) is 4.64. The first-order valence-corrected chi connectivity index (χ1v) is 9.16. The summed E-state index contributed by atoms with van der Waals surface area (Å²) in [6.45, 7) is -0.0760. The van der Waals surface area contributed by atoms with E-state index in [0.717, 1.165) is 28.2 Å². The predicted octanol–water partition coefficient (Wildman–Crippen LogP) is 3.36. The number of rotatable bonds is 5. The van der Waals surface area contributed by atoms with E-state index in [1.54, 1.807) is 0 Å². The van der Waals surface area contributed by atoms with Gasteiger partial charge in [0, 0.05) is 11.1 Å². The molecule has 0 atom stereocenters. The van der Waals surface area contributed by atoms with Crippen LogP contribution < -0.4 is 15.4 Å². The Hall–Kier alpha value is -3.60. The van der Waals surface area contributed by atoms with E-state index in [0.29, 0.717) is 0 Å². The van der Waals surface area contributed by atoms with Crippen LogP contribution in [0.4, 0.5) is 0 Å². The van der Waals surface area contributed by atoms with Gasteiger partial charge in [0.05, 0.1) is 19.0 Å². The van der Waals surface area contributed by atoms with Gasteiger partial charge in [-0.1, -0.05) is 66.7 Å². The van der Waals surface area contributed by atoms with Gasteiger partial charge in [0.15, 0.2) is 0 Å². The van der Waals surface area contributed by atoms with Gasteiger partial charge in [-0.3, -0.25) is 9.59 Å². The average Bonchev–Trinajstić information content (AvgIpc) is 2.73. The summed E-state index contributed by atoms with van der Waals surface area (Å²) in [6, 6.07) is 24.4. The molecule has 1 aliphatic rings. The molecule has 140 valence electrons. The summed E-state index contributed by atoms with van der Waals surface area (Å²) >= 11 is 0. The number of carbonyl (C=O) groups is 2. The fourth-order valence-corrected chi connectivity index (χ4v) is 3.30. The molecule has 0 aromatic heterocycles. The zero-order valence-electron chi connectivity index (χ0n) is 15.2. The van der Waals surface area contributed by atoms with Gasteiger partial charge in [-0.05, 0) is 17.7 Å². The molecule has 0 unspecified atom stereocenters. The van der Waals surface area contributed by atoms with E-state index < -0.39 is 0 Å². The second-order valence-corrected chi connectivity index (χ2v) is 6.62. The molecule has 1 aliphatic heterocycles. The lowest BCUT2D eigenvalue weighted by atomic mass is 9.94. The van der Waals surface area contributed by atoms with Gasteiger partial charge < -0.3 is 15.4 Å². The van der Waals surface area contributed by atoms with Crippen LogP contribution in [0.3, 0.4) is 0 Å². The summed E-state index contributed by atoms with van der Waals surface area (Å²) < 4.78 is 5.93. The van der Waals surface area contributed by atoms with Crippen LogP contribution in [0.1, 0.15) is 22.7 Å². The van der Waals surface area contributed by atoms with Gasteiger partial charge >= 0.3 is 0 Å². The van der Waals surface area contributed by atoms with Crippen molar-refractivity contribution in [3.05, 3.63) is 95.6 Å². The molecule has 5 nitrogen and oxygen atoms in total. The summed E-state index contributed by atoms with van der Waals surface area (Å²) in [4.78, 5) is 24.6. The fourth-order valence-electron chi connectivity index (χ4n) is 3.30. The Morgan fingerprint density at radius 3 is 1.96 bits per heavy atom. The van der Waals surface area contributed by atoms with E-state index in [-0.39, 0.29) is 30.8 Å². The molecule has 0 saturated heterocycles. The molecule has 28 heavy (non-hydrogen) atoms. The molecule has 0 saturated carbocycles. The molecule has 0 fully saturated rings. The maximum absolute atomic E-state index is 12.5. The lowest BCUT2D eigenvalue weighted by molar-refractivity contribution is -0.126. The largest absolute Gasteiger partial charge is 0.457 e. The monoisotopic (exact) mass is 372 g/mol. The van der Waals surface area contributed by atoms with E-state index in [1.165, 1.54) is 0 Å². The van der Waals surface area contributed by atoms with Crippen LogP contribution in [-0.2, 0) is 16.0 Å². The van der Waals surface area contributed by atoms with Crippen LogP contribution in [0.15, 0.2) is 78.9 Å². The summed E-state index contributed by atoms with van der Waals surface area (Å²) in [7, 11) is 0. The minimum atomic E-state index is -0.320. The molecule has 1 heterocycles. The predicted molar refractivity (Wildman–Crippen MR) is 106 cm³/mol. The van der Waals surface area contributed by atoms with Crippen molar-refractivity contribution in [1.82, 2.24) is 10.6 Å². The smallest absolute Gasteiger partial charge is 0.240 e. The van der Waals surface area contributed by atoms with Crippen molar-refractivity contribution in [2.75, 3.05) is 6.54 Å². The quantitative estimate of drug-likeness (QED) is 0.722. The lowest BCUT2D eigenvalue weighted by Crippen LogP contribution is -2.40. The van der Waals surface area contributed by atoms with Crippen molar-refractivity contribution in [3.63, 3.8) is 0 Å². The molecule has 4 rings (SSSR count). The molecule has 0 bridgehead atoms. The average molecular weight is 372 g/mol. The molecule has 5 heteroatoms. The van der Waals surface area contributed by atoms with Gasteiger partial charge in [-0.15, -0.1) is 0 Å². The number of carbonyl (C=O) groups excluding carboxylic acids is 2. The zero-order valence-corrected chi connectivity index (χ0v) is 15.2. The van der Waals surface area contributed by atoms with Gasteiger partial charge in [0.1, 0.15) is 11.5 Å². The molecule has 0 aliphatic carbocycles. The Balaban J connectivity index is 1.42. The summed E-state index contributed by atoms with van der Waals surface area (Å²) in [5.74, 6) is 1.01. The first kappa shape index (κ1) is 17.8. The Morgan fingerprint density at radius 1 is 0.750 bits per heavy atom. The standard InChI is InChI=1S/C23H20N2O3/c26-21(14-16-8-2-1-3-9-16)24-15-22(27)25-23-17-10-4-6-12-19(17)28-20-13-7-5-11-18(20)23/h1-13,23H,14-15H2,(H,24,26)(H,25,27). The van der Waals surface area contributed by atoms with Crippen molar-refractivity contribution >= 4 is 11.8 Å². The number of fused-ring (bicyclic) bond motifs is 2. The van der Waals surface area contributed by atoms with E-state index in [2.05, 4.69) is 10.6 Å². The number of hydrogen-bond acceptors (Lipinski definition) is 3. The first-order valence-electron chi connectivity index (χ1n) is 9.16. The maximum atomic E-state index is 12.5. The number of hydrogen-bond donors (Lipinski definition) is 2. The Morgan fingerprint density at radius 2 is 1.32 bits per heavy atom. The zero-order chi connectivity index (χ0) is 19.3. The highest BCUT2D eigenvalue weighted by Crippen LogP contribution is 2.42. The third kappa shape index (κ3) is 3.88. The SMILES string of the molecule is O=C(Cc1ccccc1)NCC(=O)NC1c2ccccc2Oc2ccccc21. The van der Waals surface area contributed by atoms with Crippen molar-refractivity contribution in [2.45, 2.75) is 12.5 Å². The molecule has 3 aromatic rings. The van der Waals surface area contributed by atoms with Crippen LogP contribution >= 0.6 is 0 Å². The fraction of sp³-hybridized carbons (Fsp3) is 0.130. The lowest BCUT2D eigenvalue weighted by Gasteiger charge is -2.28. The van der Waals surface area contributed by atoms with Crippen molar-refractivity contribution < 1.29 is 14.3 Å². The van der Waals surface area contributed by atoms with Crippen LogP contribution in [-0.4, -0.2) is 18.4 Å². The van der Waals surface area contributed by atoms with Gasteiger partial charge in [-0.2, -0.15) is 0 Å². The number of para-hydroxylation sites is 2. The molecule has 3 aromatic carbocycles. The third-order valence-electron chi connectivity index (χ3n) is 4.64. The molecule has 2 amide bonds. The van der Waals surface area contributed by atoms with Gasteiger partial charge in [0.2, 0.25) is 11.8 Å². The topological polar surface area (TPSA) is 67.4 Å². The molecular weight excluding hydrogens is 352 g/mol. The van der Waals surface area contributed by atoms with Crippen molar-refractivity contribution in [2.24, 2.45) is 0 Å². The molecule has 0 radical (unpaired) electrons. The van der Waals surface area contributed by atoms with E-state index in [1.807, 2.05) is 78.9 Å². The van der Waals surface area contributed by atoms with E-state index in [4.69, 9.17) is 4.74 Å². The van der Waals surface area contributed by atoms with Crippen molar-refractivity contribution in [3.8, 4) is 11.5 Å². The van der Waals surface area contributed by atoms with Crippen LogP contribution in [0, 0.1) is 0 Å². The van der Waals surface area contributed by atoms with E-state index >= 15 is 0 Å². The Labute approximate surface area is 163 Å². The summed E-state index contributed by atoms with van der Waals surface area (Å²) in [5.41, 5.74) is 2.70. The number of nitrogens with one attached hydrogen (secondary N) is 2. The summed E-state index contributed by atoms with van der Waals surface area (Å²) in [5, 5.41) is 5.70. The second kappa shape index (κ2) is 7.96. The molecule has 0 spiro atoms. The minimum Gasteiger partial charge on any atom is -0.457 e. The van der Waals surface area contributed by atoms with Crippen LogP contribution in [0.2, 0.25) is 0 Å². The highest BCUT2D eigenvalue weighted by molar-refractivity contribution is 5.86. The Kier molecular flexibility index (Phi) is 5.06. The molecular formula is C23H20N2O3. The minimum absolute atomic E-state index is 0.0760. The van der Waals surface area contributed by atoms with Crippen LogP contribution in [0.5, 0.6) is 11.5 Å². The molecule has 2 N–H and O–H groups in total. The second-order valence-electron chi connectivity index (χ2n) is 6.62. The number of ether oxygens (including phenoxy) is 1. The number of amides is 2. The van der Waals surface area contributed by atoms with Crippen molar-refractivity contribution in [1.29, 1.82) is 0 Å². The number of benzene rings is 3. The van der Waals surface area contributed by atoms with E-state index in [9.17, 15) is 9.59 Å². The normalized spacial score (nSPS) is 12.3. The van der Waals surface area contributed by atoms with Gasteiger partial charge in [-0.25, -0.2) is 0 Å². The first-order chi connectivity index (χ1) is 13.7.